The molecule has 2 nitrogen and oxygen atoms in total. The molecule has 1 atom stereocenters. The lowest BCUT2D eigenvalue weighted by Crippen LogP contribution is -2.22. The van der Waals surface area contributed by atoms with E-state index in [1.807, 2.05) is 0 Å². The van der Waals surface area contributed by atoms with E-state index in [0.717, 1.165) is 25.7 Å². The van der Waals surface area contributed by atoms with E-state index >= 15 is 0 Å². The van der Waals surface area contributed by atoms with Gasteiger partial charge in [-0.25, -0.2) is 4.39 Å². The van der Waals surface area contributed by atoms with Crippen LogP contribution in [-0.4, -0.2) is 7.11 Å². The van der Waals surface area contributed by atoms with Crippen LogP contribution in [0.1, 0.15) is 51.1 Å². The molecule has 0 amide bonds. The van der Waals surface area contributed by atoms with Crippen LogP contribution in [0.2, 0.25) is 0 Å². The molecule has 1 unspecified atom stereocenters. The summed E-state index contributed by atoms with van der Waals surface area (Å²) in [5.74, 6) is 0.618. The van der Waals surface area contributed by atoms with Crippen LogP contribution in [0.4, 0.5) is 4.39 Å². The largest absolute Gasteiger partial charge is 0.497 e. The molecular formula is C15H24FNO. The molecule has 1 aromatic carbocycles. The molecule has 0 aromatic heterocycles. The zero-order chi connectivity index (χ0) is 13.5. The van der Waals surface area contributed by atoms with Crippen molar-refractivity contribution >= 4 is 0 Å². The first kappa shape index (κ1) is 15.0. The number of hydrogen-bond donors (Lipinski definition) is 1. The van der Waals surface area contributed by atoms with E-state index in [0.29, 0.717) is 17.2 Å². The maximum absolute atomic E-state index is 14.0. The van der Waals surface area contributed by atoms with Crippen LogP contribution in [0.3, 0.4) is 0 Å². The highest BCUT2D eigenvalue weighted by Gasteiger charge is 2.21. The number of methoxy groups -OCH3 is 1. The average molecular weight is 253 g/mol. The molecule has 0 heterocycles. The van der Waals surface area contributed by atoms with Gasteiger partial charge in [0.15, 0.2) is 0 Å². The summed E-state index contributed by atoms with van der Waals surface area (Å²) in [6.45, 7) is 4.28. The summed E-state index contributed by atoms with van der Waals surface area (Å²) in [5.41, 5.74) is 6.82. The maximum atomic E-state index is 14.0. The van der Waals surface area contributed by atoms with Gasteiger partial charge in [0.1, 0.15) is 11.6 Å². The molecule has 0 aliphatic heterocycles. The molecule has 0 aliphatic carbocycles. The van der Waals surface area contributed by atoms with E-state index in [2.05, 4.69) is 13.8 Å². The van der Waals surface area contributed by atoms with E-state index in [9.17, 15) is 4.39 Å². The van der Waals surface area contributed by atoms with Gasteiger partial charge in [-0.15, -0.1) is 0 Å². The number of rotatable bonds is 7. The average Bonchev–Trinajstić information content (AvgIpc) is 2.37. The summed E-state index contributed by atoms with van der Waals surface area (Å²) in [6.07, 6.45) is 4.24. The topological polar surface area (TPSA) is 35.2 Å². The van der Waals surface area contributed by atoms with Crippen molar-refractivity contribution in [3.05, 3.63) is 29.6 Å². The van der Waals surface area contributed by atoms with Gasteiger partial charge in [-0.3, -0.25) is 0 Å². The normalized spacial score (nSPS) is 12.8. The third-order valence-corrected chi connectivity index (χ3v) is 3.39. The Morgan fingerprint density at radius 3 is 2.28 bits per heavy atom. The minimum Gasteiger partial charge on any atom is -0.497 e. The zero-order valence-electron chi connectivity index (χ0n) is 11.6. The minimum atomic E-state index is -0.265. The second-order valence-electron chi connectivity index (χ2n) is 4.75. The Kier molecular flexibility index (Phi) is 6.13. The van der Waals surface area contributed by atoms with Gasteiger partial charge in [0.05, 0.1) is 7.11 Å². The molecule has 0 fully saturated rings. The smallest absolute Gasteiger partial charge is 0.131 e. The Morgan fingerprint density at radius 2 is 1.83 bits per heavy atom. The molecule has 102 valence electrons. The summed E-state index contributed by atoms with van der Waals surface area (Å²) in [7, 11) is 1.53. The second kappa shape index (κ2) is 7.37. The molecule has 0 saturated carbocycles. The first-order valence-corrected chi connectivity index (χ1v) is 6.73. The Morgan fingerprint density at radius 1 is 1.22 bits per heavy atom. The molecule has 1 rings (SSSR count). The fourth-order valence-electron chi connectivity index (χ4n) is 2.40. The van der Waals surface area contributed by atoms with Crippen molar-refractivity contribution < 1.29 is 9.13 Å². The van der Waals surface area contributed by atoms with Crippen molar-refractivity contribution in [2.24, 2.45) is 11.7 Å². The highest BCUT2D eigenvalue weighted by atomic mass is 19.1. The van der Waals surface area contributed by atoms with E-state index in [4.69, 9.17) is 10.5 Å². The third-order valence-electron chi connectivity index (χ3n) is 3.39. The first-order chi connectivity index (χ1) is 8.63. The van der Waals surface area contributed by atoms with Gasteiger partial charge in [-0.1, -0.05) is 32.8 Å². The predicted octanol–water partition coefficient (Wildman–Crippen LogP) is 4.05. The lowest BCUT2D eigenvalue weighted by atomic mass is 9.86. The third kappa shape index (κ3) is 3.70. The highest BCUT2D eigenvalue weighted by Crippen LogP contribution is 2.30. The summed E-state index contributed by atoms with van der Waals surface area (Å²) in [4.78, 5) is 0. The summed E-state index contributed by atoms with van der Waals surface area (Å²) >= 11 is 0. The lowest BCUT2D eigenvalue weighted by Gasteiger charge is -2.24. The quantitative estimate of drug-likeness (QED) is 0.795. The molecule has 0 saturated heterocycles. The Balaban J connectivity index is 2.89. The minimum absolute atomic E-state index is 0.226. The molecular weight excluding hydrogens is 229 g/mol. The number of benzene rings is 1. The zero-order valence-corrected chi connectivity index (χ0v) is 11.6. The summed E-state index contributed by atoms with van der Waals surface area (Å²) in [5, 5.41) is 0. The van der Waals surface area contributed by atoms with Crippen molar-refractivity contribution in [3.63, 3.8) is 0 Å². The van der Waals surface area contributed by atoms with E-state index in [1.165, 1.54) is 13.2 Å². The van der Waals surface area contributed by atoms with Gasteiger partial charge in [0, 0.05) is 17.7 Å². The van der Waals surface area contributed by atoms with Crippen molar-refractivity contribution in [1.82, 2.24) is 0 Å². The first-order valence-electron chi connectivity index (χ1n) is 6.73. The molecule has 3 heteroatoms. The second-order valence-corrected chi connectivity index (χ2v) is 4.75. The van der Waals surface area contributed by atoms with Crippen molar-refractivity contribution in [3.8, 4) is 5.75 Å². The predicted molar refractivity (Wildman–Crippen MR) is 73.2 cm³/mol. The van der Waals surface area contributed by atoms with Crippen LogP contribution in [0.5, 0.6) is 5.75 Å². The van der Waals surface area contributed by atoms with Crippen LogP contribution in [0.25, 0.3) is 0 Å². The Hall–Kier alpha value is -1.09. The molecule has 0 bridgehead atoms. The maximum Gasteiger partial charge on any atom is 0.131 e. The molecule has 0 aliphatic rings. The van der Waals surface area contributed by atoms with Crippen LogP contribution in [0.15, 0.2) is 18.2 Å². The Bertz CT molecular complexity index is 362. The summed E-state index contributed by atoms with van der Waals surface area (Å²) in [6, 6.07) is 4.70. The van der Waals surface area contributed by atoms with Crippen molar-refractivity contribution in [2.75, 3.05) is 7.11 Å². The van der Waals surface area contributed by atoms with Gasteiger partial charge in [0.2, 0.25) is 0 Å². The highest BCUT2D eigenvalue weighted by molar-refractivity contribution is 5.31. The summed E-state index contributed by atoms with van der Waals surface area (Å²) < 4.78 is 19.0. The van der Waals surface area contributed by atoms with Gasteiger partial charge >= 0.3 is 0 Å². The van der Waals surface area contributed by atoms with Gasteiger partial charge in [-0.2, -0.15) is 0 Å². The monoisotopic (exact) mass is 253 g/mol. The fourth-order valence-corrected chi connectivity index (χ4v) is 2.40. The number of hydrogen-bond acceptors (Lipinski definition) is 2. The molecule has 18 heavy (non-hydrogen) atoms. The van der Waals surface area contributed by atoms with E-state index in [1.54, 1.807) is 12.1 Å². The van der Waals surface area contributed by atoms with Crippen molar-refractivity contribution in [1.29, 1.82) is 0 Å². The van der Waals surface area contributed by atoms with Crippen LogP contribution >= 0.6 is 0 Å². The van der Waals surface area contributed by atoms with Crippen LogP contribution in [0, 0.1) is 11.7 Å². The number of halogens is 1. The number of ether oxygens (including phenoxy) is 1. The molecule has 1 aromatic rings. The number of nitrogens with two attached hydrogens (primary N) is 1. The van der Waals surface area contributed by atoms with Crippen LogP contribution in [-0.2, 0) is 0 Å². The Labute approximate surface area is 109 Å². The van der Waals surface area contributed by atoms with Crippen LogP contribution < -0.4 is 10.5 Å². The van der Waals surface area contributed by atoms with Gasteiger partial charge < -0.3 is 10.5 Å². The molecule has 0 radical (unpaired) electrons. The van der Waals surface area contributed by atoms with E-state index < -0.39 is 0 Å². The van der Waals surface area contributed by atoms with Gasteiger partial charge in [0.25, 0.3) is 0 Å². The fraction of sp³-hybridized carbons (Fsp3) is 0.600. The molecule has 0 spiro atoms. The SMILES string of the molecule is CCCC(CCC)C(N)c1ccc(OC)cc1F. The standard InChI is InChI=1S/C15H24FNO/c1-4-6-11(7-5-2)15(17)13-9-8-12(18-3)10-14(13)16/h8-11,15H,4-7,17H2,1-3H3. The lowest BCUT2D eigenvalue weighted by molar-refractivity contribution is 0.358. The van der Waals surface area contributed by atoms with Gasteiger partial charge in [-0.05, 0) is 24.8 Å². The van der Waals surface area contributed by atoms with E-state index in [-0.39, 0.29) is 11.9 Å². The van der Waals surface area contributed by atoms with Crippen molar-refractivity contribution in [2.45, 2.75) is 45.6 Å². The molecule has 2 N–H and O–H groups in total.